The third kappa shape index (κ3) is 3.34. The van der Waals surface area contributed by atoms with E-state index in [4.69, 9.17) is 4.74 Å². The molecule has 112 valence electrons. The van der Waals surface area contributed by atoms with Crippen LogP contribution in [0.2, 0.25) is 0 Å². The van der Waals surface area contributed by atoms with Gasteiger partial charge in [0.1, 0.15) is 0 Å². The Bertz CT molecular complexity index is 674. The van der Waals surface area contributed by atoms with Crippen molar-refractivity contribution in [1.82, 2.24) is 10.3 Å². The van der Waals surface area contributed by atoms with Gasteiger partial charge in [-0.2, -0.15) is 0 Å². The van der Waals surface area contributed by atoms with Gasteiger partial charge in [0.2, 0.25) is 0 Å². The molecule has 0 amide bonds. The molecule has 1 saturated carbocycles. The zero-order valence-electron chi connectivity index (χ0n) is 12.4. The van der Waals surface area contributed by atoms with Crippen molar-refractivity contribution in [2.24, 2.45) is 5.41 Å². The van der Waals surface area contributed by atoms with Crippen LogP contribution in [0.3, 0.4) is 0 Å². The number of hydrogen-bond donors (Lipinski definition) is 2. The maximum Gasteiger partial charge on any atom is 0.252 e. The summed E-state index contributed by atoms with van der Waals surface area (Å²) in [5.41, 5.74) is 2.10. The molecule has 3 rings (SSSR count). The average molecular weight is 286 g/mol. The molecule has 4 heteroatoms. The summed E-state index contributed by atoms with van der Waals surface area (Å²) in [6.45, 7) is 2.40. The predicted octanol–water partition coefficient (Wildman–Crippen LogP) is 2.43. The molecule has 4 nitrogen and oxygen atoms in total. The Kier molecular flexibility index (Phi) is 4.08. The van der Waals surface area contributed by atoms with Crippen molar-refractivity contribution in [3.05, 3.63) is 46.2 Å². The highest BCUT2D eigenvalue weighted by atomic mass is 16.5. The monoisotopic (exact) mass is 286 g/mol. The third-order valence-electron chi connectivity index (χ3n) is 4.44. The second-order valence-corrected chi connectivity index (χ2v) is 6.06. The zero-order chi connectivity index (χ0) is 14.7. The van der Waals surface area contributed by atoms with Gasteiger partial charge in [-0.05, 0) is 42.2 Å². The molecular formula is C17H22N2O2. The molecule has 1 aliphatic rings. The molecule has 0 unspecified atom stereocenters. The van der Waals surface area contributed by atoms with Crippen LogP contribution in [-0.2, 0) is 11.3 Å². The van der Waals surface area contributed by atoms with Gasteiger partial charge in [-0.1, -0.05) is 18.2 Å². The number of methoxy groups -OCH3 is 1. The number of nitrogens with one attached hydrogen (secondary N) is 2. The lowest BCUT2D eigenvalue weighted by Crippen LogP contribution is -2.27. The zero-order valence-corrected chi connectivity index (χ0v) is 12.4. The number of fused-ring (bicyclic) bond motifs is 1. The minimum absolute atomic E-state index is 0.00272. The molecule has 0 atom stereocenters. The van der Waals surface area contributed by atoms with Crippen LogP contribution in [-0.4, -0.2) is 25.2 Å². The van der Waals surface area contributed by atoms with Crippen molar-refractivity contribution >= 4 is 10.9 Å². The number of benzene rings is 1. The van der Waals surface area contributed by atoms with Crippen LogP contribution in [0.1, 0.15) is 24.8 Å². The molecule has 0 spiro atoms. The summed E-state index contributed by atoms with van der Waals surface area (Å²) in [6, 6.07) is 9.86. The van der Waals surface area contributed by atoms with Gasteiger partial charge in [-0.3, -0.25) is 4.79 Å². The topological polar surface area (TPSA) is 54.1 Å². The summed E-state index contributed by atoms with van der Waals surface area (Å²) in [6.07, 6.45) is 3.62. The lowest BCUT2D eigenvalue weighted by atomic mass is 10.0. The van der Waals surface area contributed by atoms with Crippen LogP contribution in [0.25, 0.3) is 10.9 Å². The van der Waals surface area contributed by atoms with Crippen molar-refractivity contribution in [1.29, 1.82) is 0 Å². The Labute approximate surface area is 124 Å². The van der Waals surface area contributed by atoms with E-state index in [0.717, 1.165) is 36.0 Å². The second-order valence-electron chi connectivity index (χ2n) is 6.06. The molecule has 2 N–H and O–H groups in total. The van der Waals surface area contributed by atoms with E-state index in [9.17, 15) is 4.79 Å². The fourth-order valence-electron chi connectivity index (χ4n) is 2.80. The van der Waals surface area contributed by atoms with Crippen molar-refractivity contribution in [2.75, 3.05) is 20.3 Å². The number of ether oxygens (including phenoxy) is 1. The Morgan fingerprint density at radius 3 is 2.90 bits per heavy atom. The highest BCUT2D eigenvalue weighted by Crippen LogP contribution is 2.48. The number of aromatic amines is 1. The number of H-pyrrole nitrogens is 1. The first-order valence-electron chi connectivity index (χ1n) is 7.53. The van der Waals surface area contributed by atoms with Crippen LogP contribution in [0.5, 0.6) is 0 Å². The highest BCUT2D eigenvalue weighted by Gasteiger charge is 2.41. The Balaban J connectivity index is 1.63. The van der Waals surface area contributed by atoms with E-state index in [2.05, 4.69) is 10.3 Å². The summed E-state index contributed by atoms with van der Waals surface area (Å²) in [7, 11) is 1.75. The molecule has 1 aromatic carbocycles. The first kappa shape index (κ1) is 14.3. The summed E-state index contributed by atoms with van der Waals surface area (Å²) in [4.78, 5) is 15.0. The summed E-state index contributed by atoms with van der Waals surface area (Å²) < 4.78 is 5.17. The number of hydrogen-bond acceptors (Lipinski definition) is 3. The van der Waals surface area contributed by atoms with Crippen molar-refractivity contribution < 1.29 is 4.74 Å². The molecule has 0 aliphatic heterocycles. The van der Waals surface area contributed by atoms with E-state index in [0.29, 0.717) is 12.0 Å². The van der Waals surface area contributed by atoms with Gasteiger partial charge in [0, 0.05) is 37.9 Å². The van der Waals surface area contributed by atoms with Gasteiger partial charge in [-0.25, -0.2) is 0 Å². The van der Waals surface area contributed by atoms with E-state index in [-0.39, 0.29) is 5.56 Å². The van der Waals surface area contributed by atoms with Crippen LogP contribution < -0.4 is 10.9 Å². The van der Waals surface area contributed by atoms with Crippen LogP contribution >= 0.6 is 0 Å². The van der Waals surface area contributed by atoms with Gasteiger partial charge in [0.25, 0.3) is 5.56 Å². The fraction of sp³-hybridized carbons (Fsp3) is 0.471. The van der Waals surface area contributed by atoms with E-state index >= 15 is 0 Å². The highest BCUT2D eigenvalue weighted by molar-refractivity contribution is 5.78. The van der Waals surface area contributed by atoms with Crippen molar-refractivity contribution in [3.8, 4) is 0 Å². The molecule has 1 aliphatic carbocycles. The van der Waals surface area contributed by atoms with Crippen LogP contribution in [0, 0.1) is 5.41 Å². The molecule has 2 aromatic rings. The molecular weight excluding hydrogens is 264 g/mol. The predicted molar refractivity (Wildman–Crippen MR) is 84.4 cm³/mol. The molecule has 1 fully saturated rings. The molecule has 1 heterocycles. The quantitative estimate of drug-likeness (QED) is 0.822. The summed E-state index contributed by atoms with van der Waals surface area (Å²) >= 11 is 0. The van der Waals surface area contributed by atoms with E-state index in [1.165, 1.54) is 12.8 Å². The maximum atomic E-state index is 12.1. The number of pyridine rings is 1. The maximum absolute atomic E-state index is 12.1. The van der Waals surface area contributed by atoms with Gasteiger partial charge in [-0.15, -0.1) is 0 Å². The molecule has 1 aromatic heterocycles. The van der Waals surface area contributed by atoms with Gasteiger partial charge >= 0.3 is 0 Å². The van der Waals surface area contributed by atoms with Crippen molar-refractivity contribution in [3.63, 3.8) is 0 Å². The van der Waals surface area contributed by atoms with E-state index in [1.54, 1.807) is 7.11 Å². The largest absolute Gasteiger partial charge is 0.385 e. The lowest BCUT2D eigenvalue weighted by Gasteiger charge is -2.15. The summed E-state index contributed by atoms with van der Waals surface area (Å²) in [5.74, 6) is 0. The van der Waals surface area contributed by atoms with Gasteiger partial charge in [0.05, 0.1) is 0 Å². The third-order valence-corrected chi connectivity index (χ3v) is 4.44. The Morgan fingerprint density at radius 1 is 1.33 bits per heavy atom. The SMILES string of the molecule is COCCC1(CNCc2cc3ccccc3[nH]c2=O)CC1. The molecule has 0 bridgehead atoms. The number of para-hydroxylation sites is 1. The Hall–Kier alpha value is -1.65. The fourth-order valence-corrected chi connectivity index (χ4v) is 2.80. The van der Waals surface area contributed by atoms with E-state index in [1.807, 2.05) is 30.3 Å². The first-order chi connectivity index (χ1) is 10.2. The smallest absolute Gasteiger partial charge is 0.252 e. The number of aromatic nitrogens is 1. The van der Waals surface area contributed by atoms with Crippen molar-refractivity contribution in [2.45, 2.75) is 25.8 Å². The first-order valence-corrected chi connectivity index (χ1v) is 7.53. The van der Waals surface area contributed by atoms with Gasteiger partial charge in [0.15, 0.2) is 0 Å². The van der Waals surface area contributed by atoms with Crippen LogP contribution in [0.15, 0.2) is 35.1 Å². The molecule has 0 saturated heterocycles. The minimum Gasteiger partial charge on any atom is -0.385 e. The standard InChI is InChI=1S/C17H22N2O2/c1-21-9-8-17(6-7-17)12-18-11-14-10-13-4-2-3-5-15(13)19-16(14)20/h2-5,10,18H,6-9,11-12H2,1H3,(H,19,20). The van der Waals surface area contributed by atoms with Gasteiger partial charge < -0.3 is 15.0 Å². The van der Waals surface area contributed by atoms with E-state index < -0.39 is 0 Å². The average Bonchev–Trinajstić information content (AvgIpc) is 3.26. The normalized spacial score (nSPS) is 16.2. The number of rotatable bonds is 7. The Morgan fingerprint density at radius 2 is 2.14 bits per heavy atom. The second kappa shape index (κ2) is 6.00. The minimum atomic E-state index is 0.00272. The molecule has 0 radical (unpaired) electrons. The molecule has 21 heavy (non-hydrogen) atoms. The van der Waals surface area contributed by atoms with Crippen LogP contribution in [0.4, 0.5) is 0 Å². The summed E-state index contributed by atoms with van der Waals surface area (Å²) in [5, 5.41) is 4.52. The lowest BCUT2D eigenvalue weighted by molar-refractivity contribution is 0.171.